The minimum absolute atomic E-state index is 0.682. The molecular weight excluding hydrogens is 204 g/mol. The van der Waals surface area contributed by atoms with Gasteiger partial charge in [0.25, 0.3) is 0 Å². The third-order valence-corrected chi connectivity index (χ3v) is 3.08. The molecule has 2 rings (SSSR count). The van der Waals surface area contributed by atoms with E-state index in [0.717, 1.165) is 19.4 Å². The fourth-order valence-electron chi connectivity index (χ4n) is 2.14. The highest BCUT2D eigenvalue weighted by molar-refractivity contribution is 5.75. The number of benzene rings is 1. The molecule has 4 heteroatoms. The zero-order valence-corrected chi connectivity index (χ0v) is 9.31. The Morgan fingerprint density at radius 3 is 3.00 bits per heavy atom. The SMILES string of the molecule is CN1CCCc2cc([C@H](N)C(=O)O)ccc21. The van der Waals surface area contributed by atoms with Crippen molar-refractivity contribution in [2.24, 2.45) is 5.73 Å². The van der Waals surface area contributed by atoms with E-state index >= 15 is 0 Å². The van der Waals surface area contributed by atoms with Crippen LogP contribution in [0.3, 0.4) is 0 Å². The number of hydrogen-bond donors (Lipinski definition) is 2. The van der Waals surface area contributed by atoms with Crippen molar-refractivity contribution in [2.75, 3.05) is 18.5 Å². The number of aryl methyl sites for hydroxylation is 1. The van der Waals surface area contributed by atoms with Gasteiger partial charge in [-0.25, -0.2) is 0 Å². The van der Waals surface area contributed by atoms with Crippen LogP contribution < -0.4 is 10.6 Å². The zero-order valence-electron chi connectivity index (χ0n) is 9.31. The molecule has 1 aromatic rings. The van der Waals surface area contributed by atoms with Gasteiger partial charge in [0.2, 0.25) is 0 Å². The first-order valence-electron chi connectivity index (χ1n) is 5.42. The van der Waals surface area contributed by atoms with Crippen LogP contribution in [0.2, 0.25) is 0 Å². The molecule has 86 valence electrons. The number of anilines is 1. The van der Waals surface area contributed by atoms with E-state index in [0.29, 0.717) is 5.56 Å². The normalized spacial score (nSPS) is 16.8. The lowest BCUT2D eigenvalue weighted by atomic mass is 9.97. The maximum absolute atomic E-state index is 10.8. The monoisotopic (exact) mass is 220 g/mol. The van der Waals surface area contributed by atoms with Gasteiger partial charge in [0, 0.05) is 19.3 Å². The Labute approximate surface area is 94.7 Å². The highest BCUT2D eigenvalue weighted by atomic mass is 16.4. The van der Waals surface area contributed by atoms with Crippen molar-refractivity contribution in [1.29, 1.82) is 0 Å². The Bertz CT molecular complexity index is 417. The lowest BCUT2D eigenvalue weighted by molar-refractivity contribution is -0.138. The molecule has 1 aliphatic heterocycles. The van der Waals surface area contributed by atoms with E-state index in [2.05, 4.69) is 11.9 Å². The molecule has 16 heavy (non-hydrogen) atoms. The minimum Gasteiger partial charge on any atom is -0.480 e. The summed E-state index contributed by atoms with van der Waals surface area (Å²) in [5.74, 6) is -0.982. The first kappa shape index (κ1) is 11.0. The van der Waals surface area contributed by atoms with Crippen molar-refractivity contribution in [3.63, 3.8) is 0 Å². The number of nitrogens with zero attached hydrogens (tertiary/aromatic N) is 1. The van der Waals surface area contributed by atoms with Crippen LogP contribution in [0.15, 0.2) is 18.2 Å². The van der Waals surface area contributed by atoms with Crippen molar-refractivity contribution in [3.8, 4) is 0 Å². The van der Waals surface area contributed by atoms with Gasteiger partial charge >= 0.3 is 5.97 Å². The fourth-order valence-corrected chi connectivity index (χ4v) is 2.14. The highest BCUT2D eigenvalue weighted by Crippen LogP contribution is 2.28. The van der Waals surface area contributed by atoms with Crippen LogP contribution in [0.1, 0.15) is 23.6 Å². The van der Waals surface area contributed by atoms with Crippen molar-refractivity contribution in [3.05, 3.63) is 29.3 Å². The molecule has 0 unspecified atom stereocenters. The lowest BCUT2D eigenvalue weighted by Gasteiger charge is -2.28. The molecule has 0 radical (unpaired) electrons. The Hall–Kier alpha value is -1.55. The number of carbonyl (C=O) groups is 1. The van der Waals surface area contributed by atoms with Crippen LogP contribution >= 0.6 is 0 Å². The van der Waals surface area contributed by atoms with Crippen molar-refractivity contribution in [1.82, 2.24) is 0 Å². The van der Waals surface area contributed by atoms with E-state index < -0.39 is 12.0 Å². The summed E-state index contributed by atoms with van der Waals surface area (Å²) in [6, 6.07) is 4.77. The zero-order chi connectivity index (χ0) is 11.7. The van der Waals surface area contributed by atoms with Gasteiger partial charge in [-0.3, -0.25) is 4.79 Å². The van der Waals surface area contributed by atoms with E-state index in [1.165, 1.54) is 11.3 Å². The van der Waals surface area contributed by atoms with Gasteiger partial charge in [-0.1, -0.05) is 12.1 Å². The maximum atomic E-state index is 10.8. The molecule has 4 nitrogen and oxygen atoms in total. The van der Waals surface area contributed by atoms with Gasteiger partial charge in [-0.05, 0) is 30.0 Å². The van der Waals surface area contributed by atoms with Crippen LogP contribution in [0.25, 0.3) is 0 Å². The summed E-state index contributed by atoms with van der Waals surface area (Å²) in [5, 5.41) is 8.86. The van der Waals surface area contributed by atoms with Crippen LogP contribution in [-0.2, 0) is 11.2 Å². The maximum Gasteiger partial charge on any atom is 0.325 e. The Morgan fingerprint density at radius 2 is 2.31 bits per heavy atom. The van der Waals surface area contributed by atoms with Crippen molar-refractivity contribution >= 4 is 11.7 Å². The molecule has 0 aromatic heterocycles. The molecule has 1 aromatic carbocycles. The van der Waals surface area contributed by atoms with Gasteiger partial charge in [0.15, 0.2) is 0 Å². The number of carboxylic acids is 1. The Kier molecular flexibility index (Phi) is 2.83. The summed E-state index contributed by atoms with van der Waals surface area (Å²) >= 11 is 0. The summed E-state index contributed by atoms with van der Waals surface area (Å²) in [5.41, 5.74) is 8.66. The second-order valence-corrected chi connectivity index (χ2v) is 4.23. The smallest absolute Gasteiger partial charge is 0.325 e. The van der Waals surface area contributed by atoms with E-state index in [-0.39, 0.29) is 0 Å². The summed E-state index contributed by atoms with van der Waals surface area (Å²) < 4.78 is 0. The molecule has 0 bridgehead atoms. The van der Waals surface area contributed by atoms with Crippen LogP contribution in [0.4, 0.5) is 5.69 Å². The van der Waals surface area contributed by atoms with Gasteiger partial charge in [0.05, 0.1) is 0 Å². The number of rotatable bonds is 2. The van der Waals surface area contributed by atoms with Gasteiger partial charge < -0.3 is 15.7 Å². The summed E-state index contributed by atoms with van der Waals surface area (Å²) in [4.78, 5) is 13.0. The second-order valence-electron chi connectivity index (χ2n) is 4.23. The van der Waals surface area contributed by atoms with Crippen molar-refractivity contribution < 1.29 is 9.90 Å². The molecule has 0 saturated heterocycles. The number of fused-ring (bicyclic) bond motifs is 1. The number of aliphatic carboxylic acids is 1. The largest absolute Gasteiger partial charge is 0.480 e. The van der Waals surface area contributed by atoms with E-state index in [9.17, 15) is 4.79 Å². The first-order chi connectivity index (χ1) is 7.59. The Morgan fingerprint density at radius 1 is 1.56 bits per heavy atom. The van der Waals surface area contributed by atoms with Crippen molar-refractivity contribution in [2.45, 2.75) is 18.9 Å². The van der Waals surface area contributed by atoms with E-state index in [1.807, 2.05) is 12.1 Å². The molecular formula is C12H16N2O2. The Balaban J connectivity index is 2.35. The lowest BCUT2D eigenvalue weighted by Crippen LogP contribution is -2.26. The predicted octanol–water partition coefficient (Wildman–Crippen LogP) is 1.15. The molecule has 0 saturated carbocycles. The molecule has 0 spiro atoms. The number of carboxylic acid groups (broad SMARTS) is 1. The number of nitrogens with two attached hydrogens (primary N) is 1. The molecule has 1 atom stereocenters. The van der Waals surface area contributed by atoms with Crippen LogP contribution in [-0.4, -0.2) is 24.7 Å². The molecule has 0 aliphatic carbocycles. The quantitative estimate of drug-likeness (QED) is 0.784. The standard InChI is InChI=1S/C12H16N2O2/c1-14-6-2-3-8-7-9(4-5-10(8)14)11(13)12(15)16/h4-5,7,11H,2-3,6,13H2,1H3,(H,15,16)/t11-/m0/s1. The molecule has 0 fully saturated rings. The average Bonchev–Trinajstić information content (AvgIpc) is 2.28. The fraction of sp³-hybridized carbons (Fsp3) is 0.417. The summed E-state index contributed by atoms with van der Waals surface area (Å²) in [6.07, 6.45) is 2.11. The molecule has 0 amide bonds. The van der Waals surface area contributed by atoms with Crippen LogP contribution in [0, 0.1) is 0 Å². The van der Waals surface area contributed by atoms with Gasteiger partial charge in [-0.2, -0.15) is 0 Å². The number of hydrogen-bond acceptors (Lipinski definition) is 3. The highest BCUT2D eigenvalue weighted by Gasteiger charge is 2.18. The topological polar surface area (TPSA) is 66.6 Å². The molecule has 3 N–H and O–H groups in total. The summed E-state index contributed by atoms with van der Waals surface area (Å²) in [7, 11) is 2.05. The van der Waals surface area contributed by atoms with Crippen LogP contribution in [0.5, 0.6) is 0 Å². The van der Waals surface area contributed by atoms with E-state index in [1.54, 1.807) is 6.07 Å². The van der Waals surface area contributed by atoms with Gasteiger partial charge in [0.1, 0.15) is 6.04 Å². The molecule has 1 heterocycles. The van der Waals surface area contributed by atoms with Gasteiger partial charge in [-0.15, -0.1) is 0 Å². The predicted molar refractivity (Wildman–Crippen MR) is 62.6 cm³/mol. The third-order valence-electron chi connectivity index (χ3n) is 3.08. The molecule has 1 aliphatic rings. The minimum atomic E-state index is -0.982. The van der Waals surface area contributed by atoms with E-state index in [4.69, 9.17) is 10.8 Å². The first-order valence-corrected chi connectivity index (χ1v) is 5.42. The second kappa shape index (κ2) is 4.14. The third kappa shape index (κ3) is 1.88. The average molecular weight is 220 g/mol. The summed E-state index contributed by atoms with van der Waals surface area (Å²) in [6.45, 7) is 1.05.